The number of hydrogen-bond acceptors (Lipinski definition) is 7. The van der Waals surface area contributed by atoms with Gasteiger partial charge in [0.15, 0.2) is 0 Å². The van der Waals surface area contributed by atoms with Crippen LogP contribution < -0.4 is 10.1 Å². The van der Waals surface area contributed by atoms with Crippen molar-refractivity contribution in [3.63, 3.8) is 0 Å². The molecule has 0 spiro atoms. The van der Waals surface area contributed by atoms with Crippen LogP contribution in [-0.4, -0.2) is 47.7 Å². The lowest BCUT2D eigenvalue weighted by Gasteiger charge is -2.16. The normalized spacial score (nSPS) is 14.7. The van der Waals surface area contributed by atoms with Gasteiger partial charge in [-0.1, -0.05) is 29.5 Å². The summed E-state index contributed by atoms with van der Waals surface area (Å²) in [6, 6.07) is 14.1. The van der Waals surface area contributed by atoms with Gasteiger partial charge in [0, 0.05) is 31.3 Å². The van der Waals surface area contributed by atoms with Gasteiger partial charge in [0.2, 0.25) is 5.91 Å². The van der Waals surface area contributed by atoms with Crippen LogP contribution in [-0.2, 0) is 11.2 Å². The van der Waals surface area contributed by atoms with Crippen molar-refractivity contribution in [2.45, 2.75) is 38.8 Å². The molecule has 1 amide bonds. The standard InChI is InChI=1S/C25H27N5O2S/c1-15(2)32-22-11-8-16(12-17(22)13-26)24-28-29-25(33-24)20-7-5-6-19-18(20)9-10-21(19)27-14-23(31)30(3)4/h5-8,11-12,15,21,27H,9-10,14H2,1-4H3/t21-/m0/s1. The van der Waals surface area contributed by atoms with E-state index in [9.17, 15) is 10.1 Å². The summed E-state index contributed by atoms with van der Waals surface area (Å²) in [4.78, 5) is 13.6. The van der Waals surface area contributed by atoms with Crippen molar-refractivity contribution in [2.75, 3.05) is 20.6 Å². The molecule has 1 aliphatic rings. The fourth-order valence-electron chi connectivity index (χ4n) is 3.99. The first kappa shape index (κ1) is 22.9. The molecule has 2 aromatic carbocycles. The van der Waals surface area contributed by atoms with Gasteiger partial charge >= 0.3 is 0 Å². The highest BCUT2D eigenvalue weighted by atomic mass is 32.1. The Morgan fingerprint density at radius 3 is 2.79 bits per heavy atom. The van der Waals surface area contributed by atoms with E-state index >= 15 is 0 Å². The van der Waals surface area contributed by atoms with Crippen molar-refractivity contribution in [3.05, 3.63) is 53.1 Å². The fraction of sp³-hybridized carbons (Fsp3) is 0.360. The van der Waals surface area contributed by atoms with Crippen LogP contribution in [0.15, 0.2) is 36.4 Å². The first-order valence-electron chi connectivity index (χ1n) is 11.0. The second-order valence-corrected chi connectivity index (χ2v) is 9.51. The van der Waals surface area contributed by atoms with Gasteiger partial charge in [0.1, 0.15) is 21.8 Å². The summed E-state index contributed by atoms with van der Waals surface area (Å²) in [6.45, 7) is 4.19. The molecule has 170 valence electrons. The molecule has 1 aromatic heterocycles. The molecular formula is C25H27N5O2S. The van der Waals surface area contributed by atoms with E-state index in [0.29, 0.717) is 17.9 Å². The number of likely N-dealkylation sites (N-methyl/N-ethyl adjacent to an activating group) is 1. The smallest absolute Gasteiger partial charge is 0.236 e. The molecule has 0 fully saturated rings. The largest absolute Gasteiger partial charge is 0.490 e. The van der Waals surface area contributed by atoms with Gasteiger partial charge in [-0.2, -0.15) is 5.26 Å². The van der Waals surface area contributed by atoms with Crippen LogP contribution in [0.5, 0.6) is 5.75 Å². The summed E-state index contributed by atoms with van der Waals surface area (Å²) in [6.07, 6.45) is 1.87. The van der Waals surface area contributed by atoms with Crippen molar-refractivity contribution < 1.29 is 9.53 Å². The molecule has 8 heteroatoms. The van der Waals surface area contributed by atoms with E-state index in [4.69, 9.17) is 4.74 Å². The molecular weight excluding hydrogens is 434 g/mol. The summed E-state index contributed by atoms with van der Waals surface area (Å²) in [5, 5.41) is 23.4. The number of benzene rings is 2. The maximum atomic E-state index is 12.0. The number of hydrogen-bond donors (Lipinski definition) is 1. The summed E-state index contributed by atoms with van der Waals surface area (Å²) >= 11 is 1.51. The molecule has 0 saturated heterocycles. The number of carbonyl (C=O) groups excluding carboxylic acids is 1. The molecule has 33 heavy (non-hydrogen) atoms. The zero-order valence-electron chi connectivity index (χ0n) is 19.3. The molecule has 0 aliphatic heterocycles. The zero-order chi connectivity index (χ0) is 23.5. The Labute approximate surface area is 198 Å². The maximum absolute atomic E-state index is 12.0. The molecule has 0 radical (unpaired) electrons. The molecule has 0 saturated carbocycles. The molecule has 1 N–H and O–H groups in total. The van der Waals surface area contributed by atoms with Gasteiger partial charge in [-0.3, -0.25) is 4.79 Å². The van der Waals surface area contributed by atoms with Crippen LogP contribution in [0.4, 0.5) is 0 Å². The maximum Gasteiger partial charge on any atom is 0.236 e. The average Bonchev–Trinajstić information content (AvgIpc) is 3.44. The first-order chi connectivity index (χ1) is 15.9. The van der Waals surface area contributed by atoms with Crippen molar-refractivity contribution in [1.29, 1.82) is 5.26 Å². The Morgan fingerprint density at radius 1 is 1.27 bits per heavy atom. The van der Waals surface area contributed by atoms with E-state index in [2.05, 4.69) is 33.7 Å². The second kappa shape index (κ2) is 9.69. The van der Waals surface area contributed by atoms with E-state index < -0.39 is 0 Å². The molecule has 1 aliphatic carbocycles. The third kappa shape index (κ3) is 4.90. The number of ether oxygens (including phenoxy) is 1. The lowest BCUT2D eigenvalue weighted by atomic mass is 10.0. The summed E-state index contributed by atoms with van der Waals surface area (Å²) in [7, 11) is 3.53. The molecule has 1 heterocycles. The molecule has 7 nitrogen and oxygen atoms in total. The van der Waals surface area contributed by atoms with E-state index in [0.717, 1.165) is 34.0 Å². The van der Waals surface area contributed by atoms with Crippen LogP contribution in [0.3, 0.4) is 0 Å². The summed E-state index contributed by atoms with van der Waals surface area (Å²) < 4.78 is 5.72. The minimum absolute atomic E-state index is 0.00410. The second-order valence-electron chi connectivity index (χ2n) is 8.54. The average molecular weight is 462 g/mol. The Morgan fingerprint density at radius 2 is 2.06 bits per heavy atom. The number of nitrogens with one attached hydrogen (secondary N) is 1. The zero-order valence-corrected chi connectivity index (χ0v) is 20.1. The molecule has 0 bridgehead atoms. The molecule has 0 unspecified atom stereocenters. The van der Waals surface area contributed by atoms with Crippen molar-refractivity contribution >= 4 is 17.2 Å². The van der Waals surface area contributed by atoms with Gasteiger partial charge in [-0.25, -0.2) is 0 Å². The summed E-state index contributed by atoms with van der Waals surface area (Å²) in [5.41, 5.74) is 4.89. The van der Waals surface area contributed by atoms with Gasteiger partial charge in [-0.15, -0.1) is 10.2 Å². The predicted molar refractivity (Wildman–Crippen MR) is 129 cm³/mol. The number of fused-ring (bicyclic) bond motifs is 1. The van der Waals surface area contributed by atoms with Gasteiger partial charge in [0.25, 0.3) is 0 Å². The highest BCUT2D eigenvalue weighted by Gasteiger charge is 2.26. The molecule has 3 aromatic rings. The topological polar surface area (TPSA) is 91.1 Å². The monoisotopic (exact) mass is 461 g/mol. The number of aromatic nitrogens is 2. The first-order valence-corrected chi connectivity index (χ1v) is 11.8. The van der Waals surface area contributed by atoms with Crippen LogP contribution in [0, 0.1) is 11.3 Å². The number of carbonyl (C=O) groups is 1. The number of nitrogens with zero attached hydrogens (tertiary/aromatic N) is 4. The Balaban J connectivity index is 1.58. The van der Waals surface area contributed by atoms with Crippen LogP contribution in [0.1, 0.15) is 43.0 Å². The number of amides is 1. The third-order valence-electron chi connectivity index (χ3n) is 5.63. The highest BCUT2D eigenvalue weighted by Crippen LogP contribution is 2.40. The van der Waals surface area contributed by atoms with Gasteiger partial charge < -0.3 is 15.0 Å². The Kier molecular flexibility index (Phi) is 6.72. The lowest BCUT2D eigenvalue weighted by Crippen LogP contribution is -2.34. The van der Waals surface area contributed by atoms with E-state index in [-0.39, 0.29) is 18.1 Å². The van der Waals surface area contributed by atoms with Crippen LogP contribution in [0.2, 0.25) is 0 Å². The number of nitriles is 1. The summed E-state index contributed by atoms with van der Waals surface area (Å²) in [5.74, 6) is 0.642. The van der Waals surface area contributed by atoms with E-state index in [1.54, 1.807) is 25.1 Å². The van der Waals surface area contributed by atoms with Gasteiger partial charge in [-0.05, 0) is 56.0 Å². The fourth-order valence-corrected chi connectivity index (χ4v) is 4.88. The molecule has 4 rings (SSSR count). The van der Waals surface area contributed by atoms with Crippen molar-refractivity contribution in [2.24, 2.45) is 0 Å². The van der Waals surface area contributed by atoms with E-state index in [1.807, 2.05) is 32.0 Å². The minimum atomic E-state index is -0.00410. The van der Waals surface area contributed by atoms with E-state index in [1.165, 1.54) is 22.5 Å². The predicted octanol–water partition coefficient (Wildman–Crippen LogP) is 4.20. The van der Waals surface area contributed by atoms with Crippen LogP contribution in [0.25, 0.3) is 21.1 Å². The highest BCUT2D eigenvalue weighted by molar-refractivity contribution is 7.17. The van der Waals surface area contributed by atoms with Gasteiger partial charge in [0.05, 0.1) is 18.2 Å². The quantitative estimate of drug-likeness (QED) is 0.567. The minimum Gasteiger partial charge on any atom is -0.490 e. The Bertz CT molecular complexity index is 1210. The van der Waals surface area contributed by atoms with Crippen LogP contribution >= 0.6 is 11.3 Å². The third-order valence-corrected chi connectivity index (χ3v) is 6.64. The SMILES string of the molecule is CC(C)Oc1ccc(-c2nnc(-c3cccc4c3CC[C@@H]4NCC(=O)N(C)C)s2)cc1C#N. The Hall–Kier alpha value is -3.28. The van der Waals surface area contributed by atoms with Crippen molar-refractivity contribution in [1.82, 2.24) is 20.4 Å². The molecule has 1 atom stereocenters. The lowest BCUT2D eigenvalue weighted by molar-refractivity contribution is -0.127. The number of rotatable bonds is 7. The van der Waals surface area contributed by atoms with Crippen molar-refractivity contribution in [3.8, 4) is 33.0 Å².